The van der Waals surface area contributed by atoms with E-state index in [1.807, 2.05) is 56.3 Å². The summed E-state index contributed by atoms with van der Waals surface area (Å²) in [6.07, 6.45) is 4.25. The molecule has 0 unspecified atom stereocenters. The van der Waals surface area contributed by atoms with E-state index in [1.54, 1.807) is 0 Å². The predicted molar refractivity (Wildman–Crippen MR) is 107 cm³/mol. The summed E-state index contributed by atoms with van der Waals surface area (Å²) < 4.78 is 18.4. The molecule has 0 radical (unpaired) electrons. The second kappa shape index (κ2) is 7.39. The molecule has 0 amide bonds. The van der Waals surface area contributed by atoms with Gasteiger partial charge in [-0.2, -0.15) is 0 Å². The third-order valence-electron chi connectivity index (χ3n) is 5.25. The first kappa shape index (κ1) is 21.0. The SMILES string of the molecule is CC1(C)OC[C@@](C=O)([C@@H](/C=C/c2ccccc2)O[Si](C)(C)C(C)(C)C)O1. The smallest absolute Gasteiger partial charge is 0.193 e. The Bertz CT molecular complexity index is 646. The molecule has 1 aliphatic rings. The maximum atomic E-state index is 12.1. The van der Waals surface area contributed by atoms with Crippen molar-refractivity contribution in [3.05, 3.63) is 42.0 Å². The number of ether oxygens (including phenoxy) is 2. The van der Waals surface area contributed by atoms with Crippen LogP contribution in [-0.2, 0) is 18.7 Å². The zero-order chi connectivity index (χ0) is 19.6. The monoisotopic (exact) mass is 376 g/mol. The van der Waals surface area contributed by atoms with Crippen LogP contribution >= 0.6 is 0 Å². The van der Waals surface area contributed by atoms with Crippen molar-refractivity contribution in [2.24, 2.45) is 0 Å². The third kappa shape index (κ3) is 4.71. The van der Waals surface area contributed by atoms with E-state index in [1.165, 1.54) is 0 Å². The van der Waals surface area contributed by atoms with E-state index >= 15 is 0 Å². The lowest BCUT2D eigenvalue weighted by Gasteiger charge is -2.42. The number of hydrogen-bond donors (Lipinski definition) is 0. The van der Waals surface area contributed by atoms with Gasteiger partial charge in [-0.1, -0.05) is 63.3 Å². The van der Waals surface area contributed by atoms with Gasteiger partial charge < -0.3 is 13.9 Å². The summed E-state index contributed by atoms with van der Waals surface area (Å²) in [6, 6.07) is 9.98. The molecule has 1 heterocycles. The van der Waals surface area contributed by atoms with Crippen LogP contribution in [0.15, 0.2) is 36.4 Å². The molecule has 0 spiro atoms. The molecule has 2 atom stereocenters. The molecule has 1 fully saturated rings. The maximum absolute atomic E-state index is 12.1. The van der Waals surface area contributed by atoms with Crippen molar-refractivity contribution in [1.82, 2.24) is 0 Å². The van der Waals surface area contributed by atoms with E-state index in [-0.39, 0.29) is 11.6 Å². The summed E-state index contributed by atoms with van der Waals surface area (Å²) in [5, 5.41) is 0.0187. The molecule has 1 saturated heterocycles. The molecular formula is C21H32O4Si. The quantitative estimate of drug-likeness (QED) is 0.528. The standard InChI is InChI=1S/C21H32O4Si/c1-19(2,3)26(6,7)24-18(14-13-17-11-9-8-10-12-17)21(15-22)16-23-20(4,5)25-21/h8-15,18H,16H2,1-7H3/b14-13+/t18-,21+/m1/s1. The van der Waals surface area contributed by atoms with Crippen LogP contribution in [0, 0.1) is 0 Å². The minimum absolute atomic E-state index is 0.0187. The van der Waals surface area contributed by atoms with E-state index in [0.29, 0.717) is 0 Å². The summed E-state index contributed by atoms with van der Waals surface area (Å²) in [5.74, 6) is -0.809. The average molecular weight is 377 g/mol. The van der Waals surface area contributed by atoms with E-state index in [0.717, 1.165) is 11.8 Å². The Hall–Kier alpha value is -1.27. The Labute approximate surface area is 158 Å². The van der Waals surface area contributed by atoms with Gasteiger partial charge in [0.15, 0.2) is 26.0 Å². The highest BCUT2D eigenvalue weighted by molar-refractivity contribution is 6.74. The van der Waals surface area contributed by atoms with Crippen LogP contribution in [-0.4, -0.2) is 38.7 Å². The fraction of sp³-hybridized carbons (Fsp3) is 0.571. The molecule has 0 N–H and O–H groups in total. The first-order valence-corrected chi connectivity index (χ1v) is 12.0. The molecule has 26 heavy (non-hydrogen) atoms. The Kier molecular flexibility index (Phi) is 5.98. The summed E-state index contributed by atoms with van der Waals surface area (Å²) in [5.41, 5.74) is -0.0832. The zero-order valence-electron chi connectivity index (χ0n) is 17.0. The van der Waals surface area contributed by atoms with Gasteiger partial charge >= 0.3 is 0 Å². The van der Waals surface area contributed by atoms with Crippen molar-refractivity contribution in [2.45, 2.75) is 70.2 Å². The Morgan fingerprint density at radius 1 is 1.19 bits per heavy atom. The average Bonchev–Trinajstić information content (AvgIpc) is 2.87. The highest BCUT2D eigenvalue weighted by atomic mass is 28.4. The van der Waals surface area contributed by atoms with E-state index < -0.39 is 25.8 Å². The second-order valence-electron chi connectivity index (χ2n) is 8.93. The van der Waals surface area contributed by atoms with Crippen molar-refractivity contribution < 1.29 is 18.7 Å². The normalized spacial score (nSPS) is 24.7. The van der Waals surface area contributed by atoms with Gasteiger partial charge in [-0.15, -0.1) is 0 Å². The number of benzene rings is 1. The fourth-order valence-corrected chi connectivity index (χ4v) is 3.89. The molecular weight excluding hydrogens is 344 g/mol. The van der Waals surface area contributed by atoms with Crippen molar-refractivity contribution >= 4 is 20.7 Å². The van der Waals surface area contributed by atoms with Gasteiger partial charge in [-0.25, -0.2) is 0 Å². The predicted octanol–water partition coefficient (Wildman–Crippen LogP) is 4.81. The van der Waals surface area contributed by atoms with Gasteiger partial charge in [-0.05, 0) is 37.5 Å². The molecule has 2 rings (SSSR count). The van der Waals surface area contributed by atoms with Gasteiger partial charge in [0, 0.05) is 0 Å². The molecule has 1 aromatic rings. The Morgan fingerprint density at radius 2 is 1.81 bits per heavy atom. The van der Waals surface area contributed by atoms with Gasteiger partial charge in [0.05, 0.1) is 6.61 Å². The van der Waals surface area contributed by atoms with Crippen LogP contribution in [0.4, 0.5) is 0 Å². The van der Waals surface area contributed by atoms with Crippen molar-refractivity contribution in [1.29, 1.82) is 0 Å². The molecule has 4 nitrogen and oxygen atoms in total. The third-order valence-corrected chi connectivity index (χ3v) is 9.71. The van der Waals surface area contributed by atoms with Crippen LogP contribution in [0.25, 0.3) is 6.08 Å². The fourth-order valence-electron chi connectivity index (χ4n) is 2.63. The minimum atomic E-state index is -2.13. The second-order valence-corrected chi connectivity index (χ2v) is 13.7. The van der Waals surface area contributed by atoms with E-state index in [4.69, 9.17) is 13.9 Å². The number of hydrogen-bond acceptors (Lipinski definition) is 4. The lowest BCUT2D eigenvalue weighted by molar-refractivity contribution is -0.176. The first-order valence-electron chi connectivity index (χ1n) is 9.12. The van der Waals surface area contributed by atoms with E-state index in [2.05, 4.69) is 33.9 Å². The first-order chi connectivity index (χ1) is 11.9. The zero-order valence-corrected chi connectivity index (χ0v) is 18.0. The Balaban J connectivity index is 2.38. The molecule has 0 bridgehead atoms. The summed E-state index contributed by atoms with van der Waals surface area (Å²) in [6.45, 7) is 14.7. The molecule has 5 heteroatoms. The van der Waals surface area contributed by atoms with Crippen LogP contribution in [0.3, 0.4) is 0 Å². The molecule has 1 aliphatic heterocycles. The molecule has 144 valence electrons. The molecule has 0 aliphatic carbocycles. The summed E-state index contributed by atoms with van der Waals surface area (Å²) in [4.78, 5) is 12.1. The lowest BCUT2D eigenvalue weighted by Crippen LogP contribution is -2.54. The molecule has 0 aromatic heterocycles. The van der Waals surface area contributed by atoms with Gasteiger partial charge in [0.1, 0.15) is 6.10 Å². The lowest BCUT2D eigenvalue weighted by atomic mass is 9.98. The highest BCUT2D eigenvalue weighted by Crippen LogP contribution is 2.41. The van der Waals surface area contributed by atoms with E-state index in [9.17, 15) is 4.79 Å². The largest absolute Gasteiger partial charge is 0.407 e. The highest BCUT2D eigenvalue weighted by Gasteiger charge is 2.53. The minimum Gasteiger partial charge on any atom is -0.407 e. The summed E-state index contributed by atoms with van der Waals surface area (Å²) in [7, 11) is -2.13. The van der Waals surface area contributed by atoms with Crippen LogP contribution < -0.4 is 0 Å². The van der Waals surface area contributed by atoms with Crippen molar-refractivity contribution in [3.8, 4) is 0 Å². The maximum Gasteiger partial charge on any atom is 0.193 e. The van der Waals surface area contributed by atoms with Crippen LogP contribution in [0.5, 0.6) is 0 Å². The topological polar surface area (TPSA) is 44.8 Å². The molecule has 0 saturated carbocycles. The number of rotatable bonds is 6. The van der Waals surface area contributed by atoms with Crippen LogP contribution in [0.2, 0.25) is 18.1 Å². The van der Waals surface area contributed by atoms with Gasteiger partial charge in [0.2, 0.25) is 0 Å². The van der Waals surface area contributed by atoms with Crippen molar-refractivity contribution in [3.63, 3.8) is 0 Å². The Morgan fingerprint density at radius 3 is 2.27 bits per heavy atom. The van der Waals surface area contributed by atoms with Gasteiger partial charge in [-0.3, -0.25) is 4.79 Å². The van der Waals surface area contributed by atoms with Crippen LogP contribution in [0.1, 0.15) is 40.2 Å². The number of aldehydes is 1. The molecule has 1 aromatic carbocycles. The number of carbonyl (C=O) groups is 1. The summed E-state index contributed by atoms with van der Waals surface area (Å²) >= 11 is 0. The van der Waals surface area contributed by atoms with Crippen molar-refractivity contribution in [2.75, 3.05) is 6.61 Å². The number of carbonyl (C=O) groups excluding carboxylic acids is 1. The van der Waals surface area contributed by atoms with Gasteiger partial charge in [0.25, 0.3) is 0 Å².